The number of halogens is 2. The fourth-order valence-electron chi connectivity index (χ4n) is 1.33. The van der Waals surface area contributed by atoms with Gasteiger partial charge in [0.25, 0.3) is 5.91 Å². The lowest BCUT2D eigenvalue weighted by Gasteiger charge is -2.03. The number of nitrogens with two attached hydrogens (primary N) is 1. The summed E-state index contributed by atoms with van der Waals surface area (Å²) in [4.78, 5) is 15.7. The van der Waals surface area contributed by atoms with Crippen LogP contribution in [0, 0.1) is 11.6 Å². The zero-order valence-electron chi connectivity index (χ0n) is 9.11. The van der Waals surface area contributed by atoms with E-state index in [1.165, 1.54) is 16.7 Å². The van der Waals surface area contributed by atoms with Crippen LogP contribution in [-0.2, 0) is 6.54 Å². The van der Waals surface area contributed by atoms with Gasteiger partial charge < -0.3 is 11.1 Å². The van der Waals surface area contributed by atoms with Crippen LogP contribution in [0.15, 0.2) is 23.6 Å². The molecule has 0 radical (unpaired) electrons. The summed E-state index contributed by atoms with van der Waals surface area (Å²) in [7, 11) is 0. The minimum atomic E-state index is -0.758. The molecule has 0 aliphatic carbocycles. The van der Waals surface area contributed by atoms with Gasteiger partial charge in [0.05, 0.1) is 0 Å². The second kappa shape index (κ2) is 5.19. The molecular weight excluding hydrogens is 260 g/mol. The topological polar surface area (TPSA) is 68.0 Å². The molecule has 1 amide bonds. The first-order valence-electron chi connectivity index (χ1n) is 5.00. The molecule has 0 fully saturated rings. The summed E-state index contributed by atoms with van der Waals surface area (Å²) < 4.78 is 25.8. The average Bonchev–Trinajstić information content (AvgIpc) is 2.75. The van der Waals surface area contributed by atoms with E-state index >= 15 is 0 Å². The number of amides is 1. The fourth-order valence-corrected chi connectivity index (χ4v) is 1.98. The van der Waals surface area contributed by atoms with Gasteiger partial charge in [-0.2, -0.15) is 0 Å². The lowest BCUT2D eigenvalue weighted by Crippen LogP contribution is -2.13. The van der Waals surface area contributed by atoms with E-state index in [9.17, 15) is 13.6 Å². The molecule has 7 heteroatoms. The zero-order valence-corrected chi connectivity index (χ0v) is 9.93. The normalized spacial score (nSPS) is 10.4. The molecular formula is C11H9F2N3OS. The Morgan fingerprint density at radius 3 is 2.56 bits per heavy atom. The van der Waals surface area contributed by atoms with E-state index in [2.05, 4.69) is 10.3 Å². The van der Waals surface area contributed by atoms with Gasteiger partial charge in [0.15, 0.2) is 0 Å². The molecule has 0 atom stereocenters. The number of anilines is 1. The number of hydrogen-bond acceptors (Lipinski definition) is 4. The maximum absolute atomic E-state index is 12.9. The van der Waals surface area contributed by atoms with Gasteiger partial charge in [0, 0.05) is 23.7 Å². The van der Waals surface area contributed by atoms with Crippen LogP contribution in [0.25, 0.3) is 0 Å². The van der Waals surface area contributed by atoms with Crippen LogP contribution in [0.5, 0.6) is 0 Å². The quantitative estimate of drug-likeness (QED) is 0.897. The fraction of sp³-hybridized carbons (Fsp3) is 0.0909. The van der Waals surface area contributed by atoms with Crippen LogP contribution < -0.4 is 11.1 Å². The van der Waals surface area contributed by atoms with Gasteiger partial charge in [-0.25, -0.2) is 13.8 Å². The summed E-state index contributed by atoms with van der Waals surface area (Å²) in [5.74, 6) is -2.05. The predicted molar refractivity (Wildman–Crippen MR) is 64.3 cm³/mol. The van der Waals surface area contributed by atoms with Gasteiger partial charge in [-0.1, -0.05) is 0 Å². The number of aromatic nitrogens is 1. The lowest BCUT2D eigenvalue weighted by molar-refractivity contribution is 0.102. The third-order valence-electron chi connectivity index (χ3n) is 2.08. The number of rotatable bonds is 3. The van der Waals surface area contributed by atoms with Crippen molar-refractivity contribution in [3.05, 3.63) is 45.9 Å². The second-order valence-corrected chi connectivity index (χ2v) is 4.39. The summed E-state index contributed by atoms with van der Waals surface area (Å²) in [5, 5.41) is 4.51. The van der Waals surface area contributed by atoms with E-state index in [1.54, 1.807) is 0 Å². The maximum atomic E-state index is 12.9. The van der Waals surface area contributed by atoms with Crippen molar-refractivity contribution in [2.45, 2.75) is 6.54 Å². The highest BCUT2D eigenvalue weighted by Gasteiger charge is 2.11. The van der Waals surface area contributed by atoms with E-state index in [1.807, 2.05) is 0 Å². The van der Waals surface area contributed by atoms with E-state index in [0.717, 1.165) is 18.2 Å². The molecule has 4 nitrogen and oxygen atoms in total. The molecule has 18 heavy (non-hydrogen) atoms. The van der Waals surface area contributed by atoms with Gasteiger partial charge in [0.1, 0.15) is 22.3 Å². The Hall–Kier alpha value is -1.86. The highest BCUT2D eigenvalue weighted by molar-refractivity contribution is 7.09. The van der Waals surface area contributed by atoms with Crippen molar-refractivity contribution >= 4 is 22.9 Å². The molecule has 0 bridgehead atoms. The number of hydrogen-bond donors (Lipinski definition) is 2. The molecule has 1 aromatic carbocycles. The Balaban J connectivity index is 2.15. The molecule has 0 aliphatic rings. The standard InChI is InChI=1S/C11H9F2N3OS/c12-6-1-7(13)3-8(2-6)15-11(17)9-5-18-10(4-14)16-9/h1-3,5H,4,14H2,(H,15,17). The zero-order chi connectivity index (χ0) is 13.1. The third kappa shape index (κ3) is 2.88. The van der Waals surface area contributed by atoms with Gasteiger partial charge in [0.2, 0.25) is 0 Å². The Bertz CT molecular complexity index is 565. The van der Waals surface area contributed by atoms with Crippen molar-refractivity contribution in [3.63, 3.8) is 0 Å². The van der Waals surface area contributed by atoms with Crippen molar-refractivity contribution in [1.29, 1.82) is 0 Å². The molecule has 0 unspecified atom stereocenters. The van der Waals surface area contributed by atoms with Crippen LogP contribution in [0.4, 0.5) is 14.5 Å². The molecule has 94 valence electrons. The largest absolute Gasteiger partial charge is 0.325 e. The summed E-state index contributed by atoms with van der Waals surface area (Å²) in [5.41, 5.74) is 5.59. The van der Waals surface area contributed by atoms with E-state index in [-0.39, 0.29) is 17.9 Å². The monoisotopic (exact) mass is 269 g/mol. The SMILES string of the molecule is NCc1nc(C(=O)Nc2cc(F)cc(F)c2)cs1. The second-order valence-electron chi connectivity index (χ2n) is 3.44. The van der Waals surface area contributed by atoms with Crippen molar-refractivity contribution in [1.82, 2.24) is 4.98 Å². The number of carbonyl (C=O) groups excluding carboxylic acids is 1. The minimum Gasteiger partial charge on any atom is -0.325 e. The average molecular weight is 269 g/mol. The van der Waals surface area contributed by atoms with Crippen molar-refractivity contribution < 1.29 is 13.6 Å². The van der Waals surface area contributed by atoms with Crippen molar-refractivity contribution in [2.75, 3.05) is 5.32 Å². The van der Waals surface area contributed by atoms with Crippen LogP contribution in [-0.4, -0.2) is 10.9 Å². The van der Waals surface area contributed by atoms with Crippen LogP contribution in [0.3, 0.4) is 0 Å². The maximum Gasteiger partial charge on any atom is 0.275 e. The molecule has 0 saturated heterocycles. The minimum absolute atomic E-state index is 0.0415. The van der Waals surface area contributed by atoms with Gasteiger partial charge >= 0.3 is 0 Å². The molecule has 0 aliphatic heterocycles. The van der Waals surface area contributed by atoms with E-state index in [4.69, 9.17) is 5.73 Å². The van der Waals surface area contributed by atoms with Crippen LogP contribution in [0.2, 0.25) is 0 Å². The third-order valence-corrected chi connectivity index (χ3v) is 2.95. The number of benzene rings is 1. The van der Waals surface area contributed by atoms with Gasteiger partial charge in [-0.3, -0.25) is 4.79 Å². The summed E-state index contributed by atoms with van der Waals surface area (Å²) in [6.45, 7) is 0.243. The Morgan fingerprint density at radius 2 is 2.00 bits per heavy atom. The predicted octanol–water partition coefficient (Wildman–Crippen LogP) is 2.13. The number of carbonyl (C=O) groups is 1. The lowest BCUT2D eigenvalue weighted by atomic mass is 10.3. The molecule has 2 rings (SSSR count). The molecule has 1 aromatic heterocycles. The summed E-state index contributed by atoms with van der Waals surface area (Å²) in [6, 6.07) is 2.78. The first-order valence-corrected chi connectivity index (χ1v) is 5.88. The summed E-state index contributed by atoms with van der Waals surface area (Å²) in [6.07, 6.45) is 0. The molecule has 0 saturated carbocycles. The van der Waals surface area contributed by atoms with E-state index < -0.39 is 17.5 Å². The highest BCUT2D eigenvalue weighted by Crippen LogP contribution is 2.15. The van der Waals surface area contributed by atoms with Gasteiger partial charge in [-0.05, 0) is 12.1 Å². The Kier molecular flexibility index (Phi) is 3.63. The first kappa shape index (κ1) is 12.6. The molecule has 0 spiro atoms. The molecule has 3 N–H and O–H groups in total. The highest BCUT2D eigenvalue weighted by atomic mass is 32.1. The smallest absolute Gasteiger partial charge is 0.275 e. The number of nitrogens with zero attached hydrogens (tertiary/aromatic N) is 1. The van der Waals surface area contributed by atoms with Crippen molar-refractivity contribution in [3.8, 4) is 0 Å². The van der Waals surface area contributed by atoms with Crippen LogP contribution in [0.1, 0.15) is 15.5 Å². The van der Waals surface area contributed by atoms with E-state index in [0.29, 0.717) is 5.01 Å². The van der Waals surface area contributed by atoms with Crippen molar-refractivity contribution in [2.24, 2.45) is 5.73 Å². The molecule has 2 aromatic rings. The summed E-state index contributed by atoms with van der Waals surface area (Å²) >= 11 is 1.25. The Labute approximate surface area is 105 Å². The Morgan fingerprint density at radius 1 is 1.33 bits per heavy atom. The first-order chi connectivity index (χ1) is 8.58. The van der Waals surface area contributed by atoms with Crippen LogP contribution >= 0.6 is 11.3 Å². The number of nitrogens with one attached hydrogen (secondary N) is 1. The number of thiazole rings is 1. The van der Waals surface area contributed by atoms with Gasteiger partial charge in [-0.15, -0.1) is 11.3 Å². The molecule has 1 heterocycles.